The maximum Gasteiger partial charge on any atom is 0.273 e. The lowest BCUT2D eigenvalue weighted by Crippen LogP contribution is -2.26. The predicted octanol–water partition coefficient (Wildman–Crippen LogP) is 4.89. The predicted molar refractivity (Wildman–Crippen MR) is 118 cm³/mol. The molecule has 158 valence electrons. The zero-order chi connectivity index (χ0) is 22.5. The third-order valence-corrected chi connectivity index (χ3v) is 4.71. The average molecular weight is 448 g/mol. The van der Waals surface area contributed by atoms with Gasteiger partial charge in [-0.3, -0.25) is 9.36 Å². The van der Waals surface area contributed by atoms with Crippen LogP contribution in [0.4, 0.5) is 16.0 Å². The monoisotopic (exact) mass is 447 g/mol. The molecule has 0 saturated carbocycles. The van der Waals surface area contributed by atoms with Crippen LogP contribution < -0.4 is 15.6 Å². The highest BCUT2D eigenvalue weighted by Crippen LogP contribution is 2.23. The van der Waals surface area contributed by atoms with E-state index in [4.69, 9.17) is 16.3 Å². The first-order valence-corrected chi connectivity index (χ1v) is 9.80. The van der Waals surface area contributed by atoms with E-state index in [-0.39, 0.29) is 23.9 Å². The number of hydrogen-bond donors (Lipinski definition) is 1. The molecule has 0 aliphatic carbocycles. The number of hydrogen-bond acceptors (Lipinski definition) is 6. The summed E-state index contributed by atoms with van der Waals surface area (Å²) in [7, 11) is 0. The average Bonchev–Trinajstić information content (AvgIpc) is 2.80. The summed E-state index contributed by atoms with van der Waals surface area (Å²) in [6, 6.07) is 18.5. The summed E-state index contributed by atoms with van der Waals surface area (Å²) in [5.74, 6) is 0.591. The van der Waals surface area contributed by atoms with Crippen molar-refractivity contribution < 1.29 is 9.13 Å². The summed E-state index contributed by atoms with van der Waals surface area (Å²) in [6.07, 6.45) is 2.31. The summed E-state index contributed by atoms with van der Waals surface area (Å²) in [6.45, 7) is 0.207. The molecule has 2 aromatic carbocycles. The Bertz CT molecular complexity index is 1330. The van der Waals surface area contributed by atoms with Crippen molar-refractivity contribution in [2.24, 2.45) is 0 Å². The van der Waals surface area contributed by atoms with Gasteiger partial charge in [-0.15, -0.1) is 0 Å². The molecule has 0 radical (unpaired) electrons. The number of benzene rings is 2. The van der Waals surface area contributed by atoms with E-state index in [1.165, 1.54) is 22.9 Å². The Kier molecular flexibility index (Phi) is 6.10. The number of nitrogens with one attached hydrogen (secondary N) is 1. The Labute approximate surface area is 187 Å². The number of anilines is 2. The standard InChI is InChI=1S/C23H15ClFN5O2/c24-17-3-1-15(2-4-17)14-30-22(31)16(11-26)12-28-23(30)29-19-6-8-20(9-7-19)32-21-10-5-18(25)13-27-21/h1-10,12-13H,14H2,(H,28,29). The summed E-state index contributed by atoms with van der Waals surface area (Å²) in [4.78, 5) is 20.8. The molecule has 2 aromatic heterocycles. The fourth-order valence-electron chi connectivity index (χ4n) is 2.87. The molecule has 0 fully saturated rings. The molecule has 0 atom stereocenters. The molecule has 0 amide bonds. The molecule has 0 unspecified atom stereocenters. The molecule has 1 N–H and O–H groups in total. The quantitative estimate of drug-likeness (QED) is 0.452. The highest BCUT2D eigenvalue weighted by Gasteiger charge is 2.12. The van der Waals surface area contributed by atoms with Crippen LogP contribution in [0.25, 0.3) is 0 Å². The number of rotatable bonds is 6. The molecule has 0 spiro atoms. The van der Waals surface area contributed by atoms with Crippen molar-refractivity contribution in [1.82, 2.24) is 14.5 Å². The van der Waals surface area contributed by atoms with E-state index < -0.39 is 11.4 Å². The van der Waals surface area contributed by atoms with Crippen LogP contribution in [0.1, 0.15) is 11.1 Å². The van der Waals surface area contributed by atoms with Gasteiger partial charge in [0.05, 0.1) is 18.9 Å². The van der Waals surface area contributed by atoms with Gasteiger partial charge in [0.2, 0.25) is 11.8 Å². The molecule has 0 aliphatic heterocycles. The van der Waals surface area contributed by atoms with Gasteiger partial charge in [-0.1, -0.05) is 23.7 Å². The van der Waals surface area contributed by atoms with Crippen LogP contribution in [0, 0.1) is 17.1 Å². The van der Waals surface area contributed by atoms with Crippen molar-refractivity contribution >= 4 is 23.2 Å². The lowest BCUT2D eigenvalue weighted by atomic mass is 10.2. The Balaban J connectivity index is 1.57. The van der Waals surface area contributed by atoms with E-state index in [2.05, 4.69) is 15.3 Å². The molecule has 7 nitrogen and oxygen atoms in total. The molecule has 2 heterocycles. The largest absolute Gasteiger partial charge is 0.439 e. The highest BCUT2D eigenvalue weighted by atomic mass is 35.5. The van der Waals surface area contributed by atoms with Crippen LogP contribution in [0.2, 0.25) is 5.02 Å². The van der Waals surface area contributed by atoms with E-state index in [0.717, 1.165) is 11.8 Å². The van der Waals surface area contributed by atoms with Crippen LogP contribution >= 0.6 is 11.6 Å². The molecular formula is C23H15ClFN5O2. The summed E-state index contributed by atoms with van der Waals surface area (Å²) >= 11 is 5.94. The fraction of sp³-hybridized carbons (Fsp3) is 0.0435. The van der Waals surface area contributed by atoms with Gasteiger partial charge in [0, 0.05) is 16.8 Å². The van der Waals surface area contributed by atoms with Crippen LogP contribution in [0.3, 0.4) is 0 Å². The van der Waals surface area contributed by atoms with Crippen molar-refractivity contribution in [3.8, 4) is 17.7 Å². The molecule has 4 rings (SSSR count). The van der Waals surface area contributed by atoms with Gasteiger partial charge >= 0.3 is 0 Å². The number of pyridine rings is 1. The maximum atomic E-state index is 13.0. The second kappa shape index (κ2) is 9.29. The van der Waals surface area contributed by atoms with Gasteiger partial charge in [0.1, 0.15) is 23.2 Å². The van der Waals surface area contributed by atoms with Gasteiger partial charge in [0.25, 0.3) is 5.56 Å². The van der Waals surface area contributed by atoms with Gasteiger partial charge in [-0.05, 0) is 48.0 Å². The zero-order valence-corrected chi connectivity index (χ0v) is 17.3. The van der Waals surface area contributed by atoms with Crippen LogP contribution in [0.15, 0.2) is 77.9 Å². The first kappa shape index (κ1) is 21.0. The van der Waals surface area contributed by atoms with Crippen molar-refractivity contribution in [2.45, 2.75) is 6.54 Å². The summed E-state index contributed by atoms with van der Waals surface area (Å²) in [5.41, 5.74) is 0.959. The molecule has 9 heteroatoms. The van der Waals surface area contributed by atoms with Crippen LogP contribution in [-0.4, -0.2) is 14.5 Å². The van der Waals surface area contributed by atoms with E-state index in [9.17, 15) is 14.4 Å². The minimum Gasteiger partial charge on any atom is -0.439 e. The smallest absolute Gasteiger partial charge is 0.273 e. The Morgan fingerprint density at radius 2 is 1.78 bits per heavy atom. The minimum absolute atomic E-state index is 0.0555. The van der Waals surface area contributed by atoms with Crippen molar-refractivity contribution in [3.63, 3.8) is 0 Å². The van der Waals surface area contributed by atoms with Crippen molar-refractivity contribution in [3.05, 3.63) is 105 Å². The van der Waals surface area contributed by atoms with E-state index in [0.29, 0.717) is 16.5 Å². The Morgan fingerprint density at radius 1 is 1.03 bits per heavy atom. The second-order valence-corrected chi connectivity index (χ2v) is 7.13. The van der Waals surface area contributed by atoms with Gasteiger partial charge in [-0.25, -0.2) is 14.4 Å². The van der Waals surface area contributed by atoms with Gasteiger partial charge in [0.15, 0.2) is 0 Å². The lowest BCUT2D eigenvalue weighted by Gasteiger charge is -2.14. The number of nitriles is 1. The molecule has 32 heavy (non-hydrogen) atoms. The number of aromatic nitrogens is 3. The van der Waals surface area contributed by atoms with Crippen molar-refractivity contribution in [2.75, 3.05) is 5.32 Å². The summed E-state index contributed by atoms with van der Waals surface area (Å²) < 4.78 is 19.9. The first-order chi connectivity index (χ1) is 15.5. The topological polar surface area (TPSA) is 92.8 Å². The zero-order valence-electron chi connectivity index (χ0n) is 16.5. The molecule has 0 saturated heterocycles. The SMILES string of the molecule is N#Cc1cnc(Nc2ccc(Oc3ccc(F)cn3)cc2)n(Cc2ccc(Cl)cc2)c1=O. The highest BCUT2D eigenvalue weighted by molar-refractivity contribution is 6.30. The maximum absolute atomic E-state index is 13.0. The van der Waals surface area contributed by atoms with Gasteiger partial charge in [-0.2, -0.15) is 5.26 Å². The molecular weight excluding hydrogens is 433 g/mol. The van der Waals surface area contributed by atoms with E-state index in [1.807, 2.05) is 6.07 Å². The van der Waals surface area contributed by atoms with Crippen molar-refractivity contribution in [1.29, 1.82) is 5.26 Å². The van der Waals surface area contributed by atoms with E-state index in [1.54, 1.807) is 48.5 Å². The molecule has 0 aliphatic rings. The number of halogens is 2. The Hall–Kier alpha value is -4.22. The fourth-order valence-corrected chi connectivity index (χ4v) is 2.99. The number of nitrogens with zero attached hydrogens (tertiary/aromatic N) is 4. The van der Waals surface area contributed by atoms with Crippen LogP contribution in [-0.2, 0) is 6.54 Å². The third kappa shape index (κ3) is 4.91. The van der Waals surface area contributed by atoms with E-state index >= 15 is 0 Å². The molecule has 0 bridgehead atoms. The lowest BCUT2D eigenvalue weighted by molar-refractivity contribution is 0.459. The summed E-state index contributed by atoms with van der Waals surface area (Å²) in [5, 5.41) is 12.9. The normalized spacial score (nSPS) is 10.4. The Morgan fingerprint density at radius 3 is 2.44 bits per heavy atom. The molecule has 4 aromatic rings. The third-order valence-electron chi connectivity index (χ3n) is 4.45. The second-order valence-electron chi connectivity index (χ2n) is 6.69. The van der Waals surface area contributed by atoms with Crippen LogP contribution in [0.5, 0.6) is 11.6 Å². The van der Waals surface area contributed by atoms with Gasteiger partial charge < -0.3 is 10.1 Å². The minimum atomic E-state index is -0.456. The first-order valence-electron chi connectivity index (χ1n) is 9.43. The number of ether oxygens (including phenoxy) is 1.